The Labute approximate surface area is 132 Å². The van der Waals surface area contributed by atoms with Crippen LogP contribution < -0.4 is 5.32 Å². The third-order valence-corrected chi connectivity index (χ3v) is 4.31. The quantitative estimate of drug-likeness (QED) is 0.698. The van der Waals surface area contributed by atoms with Crippen LogP contribution in [0, 0.1) is 0 Å². The van der Waals surface area contributed by atoms with Gasteiger partial charge in [-0.3, -0.25) is 4.40 Å². The SMILES string of the molecule is CSCCCCCCNCc1cnc2cnc(Br)cn12. The first-order valence-electron chi connectivity index (χ1n) is 6.98. The van der Waals surface area contributed by atoms with E-state index in [1.807, 2.05) is 24.2 Å². The molecule has 0 aliphatic rings. The van der Waals surface area contributed by atoms with Gasteiger partial charge in [0.1, 0.15) is 4.60 Å². The first-order chi connectivity index (χ1) is 9.81. The fraction of sp³-hybridized carbons (Fsp3) is 0.571. The number of thioether (sulfide) groups is 1. The van der Waals surface area contributed by atoms with E-state index in [9.17, 15) is 0 Å². The lowest BCUT2D eigenvalue weighted by Gasteiger charge is -2.05. The average Bonchev–Trinajstić information content (AvgIpc) is 2.84. The summed E-state index contributed by atoms with van der Waals surface area (Å²) in [5.41, 5.74) is 2.06. The van der Waals surface area contributed by atoms with E-state index >= 15 is 0 Å². The fourth-order valence-electron chi connectivity index (χ4n) is 2.11. The summed E-state index contributed by atoms with van der Waals surface area (Å²) in [5, 5.41) is 3.49. The molecule has 0 aliphatic heterocycles. The van der Waals surface area contributed by atoms with Gasteiger partial charge in [-0.15, -0.1) is 0 Å². The van der Waals surface area contributed by atoms with Crippen LogP contribution in [0.15, 0.2) is 23.2 Å². The molecular formula is C14H21BrN4S. The standard InChI is InChI=1S/C14H21BrN4S/c1-20-7-5-3-2-4-6-16-8-12-9-18-14-10-17-13(15)11-19(12)14/h9-11,16H,2-8H2,1H3. The van der Waals surface area contributed by atoms with E-state index < -0.39 is 0 Å². The molecule has 2 heterocycles. The molecule has 0 aliphatic carbocycles. The van der Waals surface area contributed by atoms with Gasteiger partial charge in [0.15, 0.2) is 5.65 Å². The number of rotatable bonds is 9. The molecule has 6 heteroatoms. The number of unbranched alkanes of at least 4 members (excludes halogenated alkanes) is 3. The molecule has 0 unspecified atom stereocenters. The molecule has 0 fully saturated rings. The molecule has 1 N–H and O–H groups in total. The van der Waals surface area contributed by atoms with Crippen molar-refractivity contribution in [2.24, 2.45) is 0 Å². The highest BCUT2D eigenvalue weighted by molar-refractivity contribution is 9.10. The van der Waals surface area contributed by atoms with Crippen LogP contribution in [0.4, 0.5) is 0 Å². The minimum absolute atomic E-state index is 0.832. The van der Waals surface area contributed by atoms with Gasteiger partial charge in [-0.25, -0.2) is 9.97 Å². The van der Waals surface area contributed by atoms with Gasteiger partial charge in [-0.1, -0.05) is 12.8 Å². The van der Waals surface area contributed by atoms with Crippen molar-refractivity contribution in [2.45, 2.75) is 32.2 Å². The van der Waals surface area contributed by atoms with Crippen LogP contribution in [-0.4, -0.2) is 32.9 Å². The second-order valence-corrected chi connectivity index (χ2v) is 6.57. The van der Waals surface area contributed by atoms with Crippen molar-refractivity contribution in [3.05, 3.63) is 28.9 Å². The lowest BCUT2D eigenvalue weighted by molar-refractivity contribution is 0.593. The molecule has 0 amide bonds. The van der Waals surface area contributed by atoms with Gasteiger partial charge in [-0.05, 0) is 47.3 Å². The summed E-state index contributed by atoms with van der Waals surface area (Å²) in [4.78, 5) is 8.52. The molecule has 20 heavy (non-hydrogen) atoms. The maximum atomic E-state index is 4.35. The van der Waals surface area contributed by atoms with E-state index in [1.165, 1.54) is 37.1 Å². The van der Waals surface area contributed by atoms with Crippen LogP contribution >= 0.6 is 27.7 Å². The van der Waals surface area contributed by atoms with Crippen molar-refractivity contribution < 1.29 is 0 Å². The number of hydrogen-bond donors (Lipinski definition) is 1. The van der Waals surface area contributed by atoms with E-state index in [2.05, 4.69) is 41.9 Å². The first-order valence-corrected chi connectivity index (χ1v) is 9.17. The summed E-state index contributed by atoms with van der Waals surface area (Å²) in [6.07, 6.45) is 13.1. The predicted octanol–water partition coefficient (Wildman–Crippen LogP) is 3.50. The van der Waals surface area contributed by atoms with E-state index in [-0.39, 0.29) is 0 Å². The van der Waals surface area contributed by atoms with Gasteiger partial charge in [0.25, 0.3) is 0 Å². The number of hydrogen-bond acceptors (Lipinski definition) is 4. The van der Waals surface area contributed by atoms with Crippen LogP contribution in [0.25, 0.3) is 5.65 Å². The molecular weight excluding hydrogens is 336 g/mol. The van der Waals surface area contributed by atoms with E-state index in [1.54, 1.807) is 6.20 Å². The van der Waals surface area contributed by atoms with E-state index in [4.69, 9.17) is 0 Å². The van der Waals surface area contributed by atoms with Crippen molar-refractivity contribution >= 4 is 33.3 Å². The zero-order valence-corrected chi connectivity index (χ0v) is 14.2. The van der Waals surface area contributed by atoms with Gasteiger partial charge in [-0.2, -0.15) is 11.8 Å². The minimum atomic E-state index is 0.832. The van der Waals surface area contributed by atoms with Gasteiger partial charge in [0.05, 0.1) is 18.1 Å². The Hall–Kier alpha value is -0.590. The van der Waals surface area contributed by atoms with Crippen LogP contribution in [-0.2, 0) is 6.54 Å². The first kappa shape index (κ1) is 15.8. The molecule has 110 valence electrons. The van der Waals surface area contributed by atoms with Crippen molar-refractivity contribution in [3.8, 4) is 0 Å². The molecule has 0 aromatic carbocycles. The molecule has 0 atom stereocenters. The number of aromatic nitrogens is 3. The van der Waals surface area contributed by atoms with Gasteiger partial charge >= 0.3 is 0 Å². The molecule has 2 aromatic rings. The van der Waals surface area contributed by atoms with E-state index in [0.29, 0.717) is 0 Å². The largest absolute Gasteiger partial charge is 0.311 e. The molecule has 0 spiro atoms. The maximum absolute atomic E-state index is 4.35. The van der Waals surface area contributed by atoms with E-state index in [0.717, 1.165) is 23.3 Å². The Balaban J connectivity index is 1.69. The highest BCUT2D eigenvalue weighted by Gasteiger charge is 2.03. The maximum Gasteiger partial charge on any atom is 0.155 e. The molecule has 0 radical (unpaired) electrons. The highest BCUT2D eigenvalue weighted by atomic mass is 79.9. The molecule has 2 rings (SSSR count). The second kappa shape index (κ2) is 8.64. The summed E-state index contributed by atoms with van der Waals surface area (Å²) in [6, 6.07) is 0. The summed E-state index contributed by atoms with van der Waals surface area (Å²) in [5.74, 6) is 1.29. The summed E-state index contributed by atoms with van der Waals surface area (Å²) >= 11 is 5.33. The molecule has 0 saturated heterocycles. The smallest absolute Gasteiger partial charge is 0.155 e. The lowest BCUT2D eigenvalue weighted by Crippen LogP contribution is -2.15. The zero-order chi connectivity index (χ0) is 14.2. The number of imidazole rings is 1. The normalized spacial score (nSPS) is 11.3. The third-order valence-electron chi connectivity index (χ3n) is 3.20. The highest BCUT2D eigenvalue weighted by Crippen LogP contribution is 2.10. The second-order valence-electron chi connectivity index (χ2n) is 4.77. The fourth-order valence-corrected chi connectivity index (χ4v) is 2.91. The van der Waals surface area contributed by atoms with Crippen LogP contribution in [0.1, 0.15) is 31.4 Å². The number of fused-ring (bicyclic) bond motifs is 1. The predicted molar refractivity (Wildman–Crippen MR) is 89.2 cm³/mol. The van der Waals surface area contributed by atoms with Crippen LogP contribution in [0.5, 0.6) is 0 Å². The van der Waals surface area contributed by atoms with Crippen LogP contribution in [0.3, 0.4) is 0 Å². The minimum Gasteiger partial charge on any atom is -0.311 e. The van der Waals surface area contributed by atoms with Gasteiger partial charge in [0, 0.05) is 12.7 Å². The summed E-state index contributed by atoms with van der Waals surface area (Å²) in [6.45, 7) is 1.92. The number of nitrogens with zero attached hydrogens (tertiary/aromatic N) is 3. The Bertz CT molecular complexity index is 529. The molecule has 4 nitrogen and oxygen atoms in total. The van der Waals surface area contributed by atoms with Crippen molar-refractivity contribution in [1.29, 1.82) is 0 Å². The Morgan fingerprint density at radius 1 is 1.20 bits per heavy atom. The zero-order valence-electron chi connectivity index (χ0n) is 11.8. The topological polar surface area (TPSA) is 42.2 Å². The molecule has 0 bridgehead atoms. The molecule has 0 saturated carbocycles. The van der Waals surface area contributed by atoms with Crippen molar-refractivity contribution in [1.82, 2.24) is 19.7 Å². The van der Waals surface area contributed by atoms with Crippen molar-refractivity contribution in [2.75, 3.05) is 18.6 Å². The monoisotopic (exact) mass is 356 g/mol. The average molecular weight is 357 g/mol. The Morgan fingerprint density at radius 3 is 2.90 bits per heavy atom. The number of halogens is 1. The number of nitrogens with one attached hydrogen (secondary N) is 1. The van der Waals surface area contributed by atoms with Gasteiger partial charge in [0.2, 0.25) is 0 Å². The van der Waals surface area contributed by atoms with Crippen molar-refractivity contribution in [3.63, 3.8) is 0 Å². The Kier molecular flexibility index (Phi) is 6.82. The van der Waals surface area contributed by atoms with Gasteiger partial charge < -0.3 is 5.32 Å². The molecule has 2 aromatic heterocycles. The Morgan fingerprint density at radius 2 is 2.05 bits per heavy atom. The van der Waals surface area contributed by atoms with Crippen LogP contribution in [0.2, 0.25) is 0 Å². The third kappa shape index (κ3) is 4.75. The summed E-state index contributed by atoms with van der Waals surface area (Å²) in [7, 11) is 0. The lowest BCUT2D eigenvalue weighted by atomic mass is 10.2. The summed E-state index contributed by atoms with van der Waals surface area (Å²) < 4.78 is 2.90.